The standard InChI is InChI=1S/C18H16N2O6/c1-11-15(7-4-8-16(11)20(24)25)18(23)26-10-17(22)19-14-6-3-5-13(9-14)12(2)21/h3-9H,10H2,1-2H3,(H,19,22). The normalized spacial score (nSPS) is 10.1. The molecule has 2 aromatic carbocycles. The van der Waals surface area contributed by atoms with E-state index in [1.807, 2.05) is 0 Å². The number of nitrogens with zero attached hydrogens (tertiary/aromatic N) is 1. The minimum atomic E-state index is -0.834. The third kappa shape index (κ3) is 4.50. The summed E-state index contributed by atoms with van der Waals surface area (Å²) in [5.41, 5.74) is 0.810. The van der Waals surface area contributed by atoms with Crippen LogP contribution >= 0.6 is 0 Å². The van der Waals surface area contributed by atoms with Crippen LogP contribution in [0.15, 0.2) is 42.5 Å². The highest BCUT2D eigenvalue weighted by molar-refractivity contribution is 5.98. The number of rotatable bonds is 6. The van der Waals surface area contributed by atoms with Gasteiger partial charge < -0.3 is 10.1 Å². The van der Waals surface area contributed by atoms with Crippen molar-refractivity contribution in [2.24, 2.45) is 0 Å². The number of anilines is 1. The van der Waals surface area contributed by atoms with Crippen LogP contribution in [-0.2, 0) is 9.53 Å². The number of benzene rings is 2. The van der Waals surface area contributed by atoms with Crippen molar-refractivity contribution in [3.05, 3.63) is 69.3 Å². The molecule has 0 saturated carbocycles. The molecule has 0 heterocycles. The second kappa shape index (κ2) is 8.02. The van der Waals surface area contributed by atoms with E-state index in [1.54, 1.807) is 18.2 Å². The van der Waals surface area contributed by atoms with Gasteiger partial charge in [-0.3, -0.25) is 19.7 Å². The van der Waals surface area contributed by atoms with E-state index in [2.05, 4.69) is 5.32 Å². The van der Waals surface area contributed by atoms with Crippen LogP contribution in [0.25, 0.3) is 0 Å². The molecular formula is C18H16N2O6. The molecule has 0 saturated heterocycles. The van der Waals surface area contributed by atoms with Crippen molar-refractivity contribution in [3.63, 3.8) is 0 Å². The second-order valence-corrected chi connectivity index (χ2v) is 5.47. The molecule has 0 aliphatic rings. The van der Waals surface area contributed by atoms with E-state index in [0.717, 1.165) is 0 Å². The van der Waals surface area contributed by atoms with E-state index in [0.29, 0.717) is 11.3 Å². The molecule has 1 N–H and O–H groups in total. The Balaban J connectivity index is 2.00. The number of nitrogens with one attached hydrogen (secondary N) is 1. The Morgan fingerprint density at radius 1 is 1.15 bits per heavy atom. The molecular weight excluding hydrogens is 340 g/mol. The number of nitro groups is 1. The van der Waals surface area contributed by atoms with Crippen molar-refractivity contribution in [1.29, 1.82) is 0 Å². The Hall–Kier alpha value is -3.55. The molecule has 0 radical (unpaired) electrons. The molecule has 2 aromatic rings. The average Bonchev–Trinajstić information content (AvgIpc) is 2.59. The van der Waals surface area contributed by atoms with Gasteiger partial charge in [-0.1, -0.05) is 18.2 Å². The van der Waals surface area contributed by atoms with Crippen LogP contribution in [0.4, 0.5) is 11.4 Å². The van der Waals surface area contributed by atoms with Crippen molar-refractivity contribution in [2.75, 3.05) is 11.9 Å². The Morgan fingerprint density at radius 2 is 1.85 bits per heavy atom. The van der Waals surface area contributed by atoms with E-state index in [4.69, 9.17) is 4.74 Å². The first kappa shape index (κ1) is 18.8. The van der Waals surface area contributed by atoms with Crippen LogP contribution in [0.1, 0.15) is 33.2 Å². The first-order chi connectivity index (χ1) is 12.3. The first-order valence-corrected chi connectivity index (χ1v) is 7.61. The topological polar surface area (TPSA) is 116 Å². The van der Waals surface area contributed by atoms with Gasteiger partial charge in [-0.25, -0.2) is 4.79 Å². The summed E-state index contributed by atoms with van der Waals surface area (Å²) in [5.74, 6) is -1.57. The summed E-state index contributed by atoms with van der Waals surface area (Å²) in [5, 5.41) is 13.4. The number of hydrogen-bond acceptors (Lipinski definition) is 6. The smallest absolute Gasteiger partial charge is 0.339 e. The van der Waals surface area contributed by atoms with Gasteiger partial charge >= 0.3 is 5.97 Å². The summed E-state index contributed by atoms with van der Waals surface area (Å²) in [6, 6.07) is 10.4. The Bertz CT molecular complexity index is 891. The maximum atomic E-state index is 12.1. The maximum absolute atomic E-state index is 12.1. The summed E-state index contributed by atoms with van der Waals surface area (Å²) in [6.07, 6.45) is 0. The Morgan fingerprint density at radius 3 is 2.50 bits per heavy atom. The summed E-state index contributed by atoms with van der Waals surface area (Å²) in [4.78, 5) is 45.6. The van der Waals surface area contributed by atoms with Gasteiger partial charge in [0, 0.05) is 22.9 Å². The van der Waals surface area contributed by atoms with Crippen LogP contribution in [0.2, 0.25) is 0 Å². The number of esters is 1. The Labute approximate surface area is 148 Å². The lowest BCUT2D eigenvalue weighted by molar-refractivity contribution is -0.385. The zero-order valence-electron chi connectivity index (χ0n) is 14.1. The van der Waals surface area contributed by atoms with Crippen LogP contribution < -0.4 is 5.32 Å². The van der Waals surface area contributed by atoms with E-state index in [1.165, 1.54) is 38.1 Å². The maximum Gasteiger partial charge on any atom is 0.339 e. The molecule has 2 rings (SSSR count). The third-order valence-electron chi connectivity index (χ3n) is 3.61. The fraction of sp³-hybridized carbons (Fsp3) is 0.167. The van der Waals surface area contributed by atoms with Crippen molar-refractivity contribution in [3.8, 4) is 0 Å². The number of hydrogen-bond donors (Lipinski definition) is 1. The highest BCUT2D eigenvalue weighted by Crippen LogP contribution is 2.21. The van der Waals surface area contributed by atoms with Crippen LogP contribution in [0.3, 0.4) is 0 Å². The molecule has 134 valence electrons. The average molecular weight is 356 g/mol. The van der Waals surface area contributed by atoms with E-state index >= 15 is 0 Å². The predicted molar refractivity (Wildman–Crippen MR) is 93.2 cm³/mol. The zero-order chi connectivity index (χ0) is 19.3. The number of carbonyl (C=O) groups is 3. The minimum absolute atomic E-state index is 0.0191. The molecule has 0 aliphatic heterocycles. The number of carbonyl (C=O) groups excluding carboxylic acids is 3. The quantitative estimate of drug-likeness (QED) is 0.368. The van der Waals surface area contributed by atoms with Gasteiger partial charge in [-0.05, 0) is 32.0 Å². The van der Waals surface area contributed by atoms with Crippen LogP contribution in [0.5, 0.6) is 0 Å². The van der Waals surface area contributed by atoms with Gasteiger partial charge in [0.15, 0.2) is 12.4 Å². The molecule has 0 fully saturated rings. The van der Waals surface area contributed by atoms with Crippen LogP contribution in [-0.4, -0.2) is 29.2 Å². The molecule has 1 amide bonds. The number of ketones is 1. The molecule has 0 unspecified atom stereocenters. The first-order valence-electron chi connectivity index (χ1n) is 7.61. The van der Waals surface area contributed by atoms with Crippen molar-refractivity contribution >= 4 is 29.0 Å². The highest BCUT2D eigenvalue weighted by atomic mass is 16.6. The lowest BCUT2D eigenvalue weighted by Gasteiger charge is -2.09. The molecule has 0 spiro atoms. The Kier molecular flexibility index (Phi) is 5.79. The summed E-state index contributed by atoms with van der Waals surface area (Å²) in [6.45, 7) is 2.28. The van der Waals surface area contributed by atoms with Gasteiger partial charge in [0.2, 0.25) is 0 Å². The predicted octanol–water partition coefficient (Wildman–Crippen LogP) is 2.90. The second-order valence-electron chi connectivity index (χ2n) is 5.47. The highest BCUT2D eigenvalue weighted by Gasteiger charge is 2.19. The fourth-order valence-corrected chi connectivity index (χ4v) is 2.26. The van der Waals surface area contributed by atoms with E-state index in [9.17, 15) is 24.5 Å². The van der Waals surface area contributed by atoms with Gasteiger partial charge in [0.25, 0.3) is 11.6 Å². The summed E-state index contributed by atoms with van der Waals surface area (Å²) < 4.78 is 4.91. The molecule has 0 aromatic heterocycles. The number of Topliss-reactive ketones (excluding diaryl/α,β-unsaturated/α-hetero) is 1. The van der Waals surface area contributed by atoms with Crippen molar-refractivity contribution in [1.82, 2.24) is 0 Å². The molecule has 0 atom stereocenters. The molecule has 26 heavy (non-hydrogen) atoms. The zero-order valence-corrected chi connectivity index (χ0v) is 14.1. The van der Waals surface area contributed by atoms with Crippen LogP contribution in [0, 0.1) is 17.0 Å². The number of ether oxygens (including phenoxy) is 1. The van der Waals surface area contributed by atoms with E-state index in [-0.39, 0.29) is 22.6 Å². The van der Waals surface area contributed by atoms with Gasteiger partial charge in [0.1, 0.15) is 0 Å². The molecule has 8 nitrogen and oxygen atoms in total. The molecule has 8 heteroatoms. The lowest BCUT2D eigenvalue weighted by Crippen LogP contribution is -2.21. The van der Waals surface area contributed by atoms with Gasteiger partial charge in [-0.15, -0.1) is 0 Å². The summed E-state index contributed by atoms with van der Waals surface area (Å²) >= 11 is 0. The summed E-state index contributed by atoms with van der Waals surface area (Å²) in [7, 11) is 0. The van der Waals surface area contributed by atoms with Crippen molar-refractivity contribution in [2.45, 2.75) is 13.8 Å². The van der Waals surface area contributed by atoms with Gasteiger partial charge in [0.05, 0.1) is 10.5 Å². The largest absolute Gasteiger partial charge is 0.452 e. The monoisotopic (exact) mass is 356 g/mol. The van der Waals surface area contributed by atoms with Gasteiger partial charge in [-0.2, -0.15) is 0 Å². The molecule has 0 bridgehead atoms. The molecule has 0 aliphatic carbocycles. The lowest BCUT2D eigenvalue weighted by atomic mass is 10.1. The third-order valence-corrected chi connectivity index (χ3v) is 3.61. The SMILES string of the molecule is CC(=O)c1cccc(NC(=O)COC(=O)c2cccc([N+](=O)[O-])c2C)c1. The van der Waals surface area contributed by atoms with Crippen molar-refractivity contribution < 1.29 is 24.0 Å². The fourth-order valence-electron chi connectivity index (χ4n) is 2.26. The number of nitro benzene ring substituents is 1. The number of amides is 1. The van der Waals surface area contributed by atoms with E-state index < -0.39 is 23.4 Å². The minimum Gasteiger partial charge on any atom is -0.452 e.